The van der Waals surface area contributed by atoms with Crippen LogP contribution < -0.4 is 4.74 Å². The van der Waals surface area contributed by atoms with Gasteiger partial charge in [0, 0.05) is 0 Å². The van der Waals surface area contributed by atoms with Gasteiger partial charge in [0.1, 0.15) is 5.75 Å². The summed E-state index contributed by atoms with van der Waals surface area (Å²) in [6.07, 6.45) is 9.01. The first-order valence-corrected chi connectivity index (χ1v) is 8.15. The minimum atomic E-state index is 0.735. The summed E-state index contributed by atoms with van der Waals surface area (Å²) in [7, 11) is 0. The molecular formula is C19H28O. The molecule has 0 bridgehead atoms. The first-order chi connectivity index (χ1) is 9.72. The normalized spacial score (nSPS) is 20.4. The van der Waals surface area contributed by atoms with E-state index in [1.807, 2.05) is 6.92 Å². The van der Waals surface area contributed by atoms with Gasteiger partial charge in [0.2, 0.25) is 0 Å². The molecule has 0 N–H and O–H groups in total. The van der Waals surface area contributed by atoms with Crippen LogP contribution in [-0.2, 0) is 0 Å². The second-order valence-electron chi connectivity index (χ2n) is 6.08. The molecule has 1 heteroatoms. The predicted molar refractivity (Wildman–Crippen MR) is 87.0 cm³/mol. The fourth-order valence-electron chi connectivity index (χ4n) is 3.03. The SMILES string of the molecule is CCOc1ccc(C2=CCC(CC(C)CC)CC2)cc1. The molecule has 110 valence electrons. The fraction of sp³-hybridized carbons (Fsp3) is 0.579. The van der Waals surface area contributed by atoms with Crippen molar-refractivity contribution < 1.29 is 4.74 Å². The van der Waals surface area contributed by atoms with Crippen LogP contribution >= 0.6 is 0 Å². The molecular weight excluding hydrogens is 244 g/mol. The van der Waals surface area contributed by atoms with Gasteiger partial charge in [-0.05, 0) is 67.7 Å². The van der Waals surface area contributed by atoms with E-state index >= 15 is 0 Å². The molecule has 2 atom stereocenters. The van der Waals surface area contributed by atoms with Gasteiger partial charge in [-0.3, -0.25) is 0 Å². The average molecular weight is 272 g/mol. The third-order valence-electron chi connectivity index (χ3n) is 4.49. The van der Waals surface area contributed by atoms with E-state index in [0.717, 1.165) is 24.2 Å². The van der Waals surface area contributed by atoms with E-state index in [1.165, 1.54) is 43.2 Å². The average Bonchev–Trinajstić information content (AvgIpc) is 2.49. The van der Waals surface area contributed by atoms with Crippen LogP contribution in [0.1, 0.15) is 58.4 Å². The van der Waals surface area contributed by atoms with Gasteiger partial charge in [-0.15, -0.1) is 0 Å². The van der Waals surface area contributed by atoms with Crippen molar-refractivity contribution in [3.8, 4) is 5.75 Å². The quantitative estimate of drug-likeness (QED) is 0.645. The molecule has 0 saturated heterocycles. The van der Waals surface area contributed by atoms with Crippen molar-refractivity contribution in [2.45, 2.75) is 52.9 Å². The van der Waals surface area contributed by atoms with Crippen molar-refractivity contribution in [1.82, 2.24) is 0 Å². The van der Waals surface area contributed by atoms with Crippen molar-refractivity contribution in [3.63, 3.8) is 0 Å². The molecule has 1 aromatic rings. The van der Waals surface area contributed by atoms with E-state index in [9.17, 15) is 0 Å². The Balaban J connectivity index is 1.94. The highest BCUT2D eigenvalue weighted by Gasteiger charge is 2.17. The van der Waals surface area contributed by atoms with Crippen LogP contribution in [0.25, 0.3) is 5.57 Å². The van der Waals surface area contributed by atoms with Crippen LogP contribution in [0.15, 0.2) is 30.3 Å². The molecule has 20 heavy (non-hydrogen) atoms. The van der Waals surface area contributed by atoms with Crippen LogP contribution in [0.4, 0.5) is 0 Å². The molecule has 0 saturated carbocycles. The Kier molecular flexibility index (Phi) is 5.70. The zero-order chi connectivity index (χ0) is 14.4. The van der Waals surface area contributed by atoms with Gasteiger partial charge in [0.25, 0.3) is 0 Å². The van der Waals surface area contributed by atoms with Crippen molar-refractivity contribution in [2.75, 3.05) is 6.61 Å². The van der Waals surface area contributed by atoms with E-state index < -0.39 is 0 Å². The molecule has 0 aromatic heterocycles. The number of hydrogen-bond donors (Lipinski definition) is 0. The lowest BCUT2D eigenvalue weighted by Crippen LogP contribution is -2.09. The highest BCUT2D eigenvalue weighted by atomic mass is 16.5. The summed E-state index contributed by atoms with van der Waals surface area (Å²) in [5.41, 5.74) is 2.89. The second kappa shape index (κ2) is 7.52. The Labute approximate surface area is 124 Å². The highest BCUT2D eigenvalue weighted by molar-refractivity contribution is 5.66. The van der Waals surface area contributed by atoms with Crippen molar-refractivity contribution in [1.29, 1.82) is 0 Å². The van der Waals surface area contributed by atoms with E-state index in [0.29, 0.717) is 0 Å². The summed E-state index contributed by atoms with van der Waals surface area (Å²) < 4.78 is 5.50. The van der Waals surface area contributed by atoms with Crippen LogP contribution in [-0.4, -0.2) is 6.61 Å². The zero-order valence-corrected chi connectivity index (χ0v) is 13.2. The summed E-state index contributed by atoms with van der Waals surface area (Å²) in [4.78, 5) is 0. The van der Waals surface area contributed by atoms with Crippen LogP contribution in [0.3, 0.4) is 0 Å². The third-order valence-corrected chi connectivity index (χ3v) is 4.49. The minimum absolute atomic E-state index is 0.735. The Morgan fingerprint density at radius 3 is 2.50 bits per heavy atom. The van der Waals surface area contributed by atoms with Crippen LogP contribution in [0.5, 0.6) is 5.75 Å². The first-order valence-electron chi connectivity index (χ1n) is 8.15. The van der Waals surface area contributed by atoms with Crippen molar-refractivity contribution in [2.24, 2.45) is 11.8 Å². The van der Waals surface area contributed by atoms with Crippen LogP contribution in [0, 0.1) is 11.8 Å². The molecule has 0 radical (unpaired) electrons. The van der Waals surface area contributed by atoms with E-state index in [-0.39, 0.29) is 0 Å². The number of benzene rings is 1. The molecule has 2 unspecified atom stereocenters. The molecule has 2 rings (SSSR count). The Hall–Kier alpha value is -1.24. The summed E-state index contributed by atoms with van der Waals surface area (Å²) in [6, 6.07) is 8.58. The van der Waals surface area contributed by atoms with Gasteiger partial charge in [0.05, 0.1) is 6.61 Å². The zero-order valence-electron chi connectivity index (χ0n) is 13.2. The lowest BCUT2D eigenvalue weighted by Gasteiger charge is -2.24. The molecule has 0 fully saturated rings. The number of ether oxygens (including phenoxy) is 1. The van der Waals surface area contributed by atoms with Gasteiger partial charge < -0.3 is 4.74 Å². The third kappa shape index (κ3) is 4.13. The monoisotopic (exact) mass is 272 g/mol. The Morgan fingerprint density at radius 2 is 1.95 bits per heavy atom. The topological polar surface area (TPSA) is 9.23 Å². The number of rotatable bonds is 6. The molecule has 0 spiro atoms. The molecule has 1 aromatic carbocycles. The largest absolute Gasteiger partial charge is 0.494 e. The van der Waals surface area contributed by atoms with E-state index in [4.69, 9.17) is 4.74 Å². The molecule has 0 heterocycles. The lowest BCUT2D eigenvalue weighted by molar-refractivity contribution is 0.340. The maximum absolute atomic E-state index is 5.50. The molecule has 1 nitrogen and oxygen atoms in total. The van der Waals surface area contributed by atoms with Crippen molar-refractivity contribution in [3.05, 3.63) is 35.9 Å². The maximum atomic E-state index is 5.50. The number of hydrogen-bond acceptors (Lipinski definition) is 1. The summed E-state index contributed by atoms with van der Waals surface area (Å²) in [5.74, 6) is 2.75. The fourth-order valence-corrected chi connectivity index (χ4v) is 3.03. The van der Waals surface area contributed by atoms with Gasteiger partial charge >= 0.3 is 0 Å². The highest BCUT2D eigenvalue weighted by Crippen LogP contribution is 2.34. The lowest BCUT2D eigenvalue weighted by atomic mass is 9.81. The molecule has 1 aliphatic carbocycles. The molecule has 0 aliphatic heterocycles. The Bertz CT molecular complexity index is 430. The summed E-state index contributed by atoms with van der Waals surface area (Å²) >= 11 is 0. The van der Waals surface area contributed by atoms with Crippen molar-refractivity contribution >= 4 is 5.57 Å². The molecule has 0 amide bonds. The smallest absolute Gasteiger partial charge is 0.119 e. The minimum Gasteiger partial charge on any atom is -0.494 e. The van der Waals surface area contributed by atoms with Gasteiger partial charge in [-0.25, -0.2) is 0 Å². The Morgan fingerprint density at radius 1 is 1.20 bits per heavy atom. The standard InChI is InChI=1S/C19H28O/c1-4-15(3)14-16-6-8-17(9-7-16)18-10-12-19(13-11-18)20-5-2/h8,10-13,15-16H,4-7,9,14H2,1-3H3. The number of allylic oxidation sites excluding steroid dienone is 2. The van der Waals surface area contributed by atoms with Crippen LogP contribution in [0.2, 0.25) is 0 Å². The second-order valence-corrected chi connectivity index (χ2v) is 6.08. The first kappa shape index (κ1) is 15.2. The van der Waals surface area contributed by atoms with Gasteiger partial charge in [0.15, 0.2) is 0 Å². The van der Waals surface area contributed by atoms with E-state index in [2.05, 4.69) is 44.2 Å². The summed E-state index contributed by atoms with van der Waals surface area (Å²) in [5, 5.41) is 0. The van der Waals surface area contributed by atoms with Gasteiger partial charge in [-0.2, -0.15) is 0 Å². The maximum Gasteiger partial charge on any atom is 0.119 e. The van der Waals surface area contributed by atoms with Gasteiger partial charge in [-0.1, -0.05) is 38.5 Å². The van der Waals surface area contributed by atoms with E-state index in [1.54, 1.807) is 0 Å². The predicted octanol–water partition coefficient (Wildman–Crippen LogP) is 5.71. The summed E-state index contributed by atoms with van der Waals surface area (Å²) in [6.45, 7) is 7.44. The molecule has 1 aliphatic rings.